The average Bonchev–Trinajstić information content (AvgIpc) is 3.29. The van der Waals surface area contributed by atoms with Crippen molar-refractivity contribution in [2.75, 3.05) is 20.2 Å². The Morgan fingerprint density at radius 2 is 1.86 bits per heavy atom. The van der Waals surface area contributed by atoms with Crippen LogP contribution < -0.4 is 15.4 Å². The molecular formula is C27H43N5O5. The molecule has 1 saturated heterocycles. The summed E-state index contributed by atoms with van der Waals surface area (Å²) in [4.78, 5) is 59.4. The fourth-order valence-corrected chi connectivity index (χ4v) is 4.18. The highest BCUT2D eigenvalue weighted by Gasteiger charge is 2.39. The van der Waals surface area contributed by atoms with Crippen LogP contribution in [0.3, 0.4) is 0 Å². The number of carbonyl (C=O) groups excluding carboxylic acids is 4. The van der Waals surface area contributed by atoms with Gasteiger partial charge in [-0.3, -0.25) is 24.2 Å². The van der Waals surface area contributed by atoms with Gasteiger partial charge in [-0.15, -0.1) is 0 Å². The first-order chi connectivity index (χ1) is 17.2. The predicted molar refractivity (Wildman–Crippen MR) is 141 cm³/mol. The number of rotatable bonds is 10. The summed E-state index contributed by atoms with van der Waals surface area (Å²) in [5.74, 6) is -0.896. The molecule has 0 unspecified atom stereocenters. The number of ether oxygens (including phenoxy) is 1. The number of likely N-dealkylation sites (N-methyl/N-ethyl adjacent to an activating group) is 1. The number of carbonyl (C=O) groups is 4. The van der Waals surface area contributed by atoms with Crippen molar-refractivity contribution in [3.63, 3.8) is 0 Å². The lowest BCUT2D eigenvalue weighted by Crippen LogP contribution is -2.54. The van der Waals surface area contributed by atoms with Crippen LogP contribution in [-0.2, 0) is 14.4 Å². The minimum atomic E-state index is -0.817. The zero-order chi connectivity index (χ0) is 27.9. The van der Waals surface area contributed by atoms with Crippen molar-refractivity contribution in [2.24, 2.45) is 5.92 Å². The third-order valence-electron chi connectivity index (χ3n) is 6.15. The molecule has 4 amide bonds. The second-order valence-corrected chi connectivity index (χ2v) is 11.3. The monoisotopic (exact) mass is 517 g/mol. The Kier molecular flexibility index (Phi) is 10.5. The Labute approximate surface area is 220 Å². The van der Waals surface area contributed by atoms with Crippen molar-refractivity contribution < 1.29 is 23.9 Å². The second-order valence-electron chi connectivity index (χ2n) is 11.3. The van der Waals surface area contributed by atoms with Gasteiger partial charge in [0, 0.05) is 37.6 Å². The number of likely N-dealkylation sites (tertiary alicyclic amines) is 1. The first-order valence-electron chi connectivity index (χ1n) is 13.0. The first kappa shape index (κ1) is 30.1. The molecule has 206 valence electrons. The van der Waals surface area contributed by atoms with E-state index in [-0.39, 0.29) is 47.6 Å². The molecule has 0 saturated carbocycles. The summed E-state index contributed by atoms with van der Waals surface area (Å²) in [6.45, 7) is 13.6. The van der Waals surface area contributed by atoms with Gasteiger partial charge in [0.1, 0.15) is 17.8 Å². The van der Waals surface area contributed by atoms with Crippen molar-refractivity contribution in [3.05, 3.63) is 24.0 Å². The summed E-state index contributed by atoms with van der Waals surface area (Å²) < 4.78 is 5.63. The largest absolute Gasteiger partial charge is 0.483 e. The highest BCUT2D eigenvalue weighted by Crippen LogP contribution is 2.23. The van der Waals surface area contributed by atoms with Crippen LogP contribution in [0, 0.1) is 5.92 Å². The Bertz CT molecular complexity index is 972. The zero-order valence-electron chi connectivity index (χ0n) is 23.5. The third-order valence-corrected chi connectivity index (χ3v) is 6.15. The van der Waals surface area contributed by atoms with Crippen LogP contribution in [0.1, 0.15) is 78.1 Å². The molecule has 1 fully saturated rings. The van der Waals surface area contributed by atoms with Crippen LogP contribution in [0.5, 0.6) is 5.75 Å². The molecule has 2 heterocycles. The van der Waals surface area contributed by atoms with Crippen LogP contribution in [0.4, 0.5) is 0 Å². The van der Waals surface area contributed by atoms with E-state index in [1.165, 1.54) is 18.5 Å². The summed E-state index contributed by atoms with van der Waals surface area (Å²) in [6.07, 6.45) is 4.56. The third kappa shape index (κ3) is 8.72. The lowest BCUT2D eigenvalue weighted by atomic mass is 10.0. The minimum Gasteiger partial charge on any atom is -0.483 e. The highest BCUT2D eigenvalue weighted by atomic mass is 16.5. The van der Waals surface area contributed by atoms with Gasteiger partial charge in [-0.1, -0.05) is 13.8 Å². The van der Waals surface area contributed by atoms with Crippen LogP contribution in [0.25, 0.3) is 0 Å². The molecule has 0 aliphatic carbocycles. The molecule has 1 aromatic rings. The maximum absolute atomic E-state index is 13.6. The molecular weight excluding hydrogens is 474 g/mol. The highest BCUT2D eigenvalue weighted by molar-refractivity contribution is 6.00. The van der Waals surface area contributed by atoms with Gasteiger partial charge in [-0.25, -0.2) is 0 Å². The van der Waals surface area contributed by atoms with E-state index in [4.69, 9.17) is 4.74 Å². The van der Waals surface area contributed by atoms with Crippen molar-refractivity contribution in [1.82, 2.24) is 25.4 Å². The fraction of sp³-hybridized carbons (Fsp3) is 0.667. The number of nitrogens with one attached hydrogen (secondary N) is 2. The molecule has 2 rings (SSSR count). The van der Waals surface area contributed by atoms with Gasteiger partial charge in [0.05, 0.1) is 5.56 Å². The van der Waals surface area contributed by atoms with E-state index in [1.807, 2.05) is 48.5 Å². The SMILES string of the molecule is CC(C)C[C@@H](NC(=O)c1cnccc1OCC(=O)NC(C)(C)C)C(=O)N1CCC[C@@H]1C(=O)N(C)C(C)C. The number of nitrogens with zero attached hydrogens (tertiary/aromatic N) is 3. The van der Waals surface area contributed by atoms with Gasteiger partial charge < -0.3 is 25.2 Å². The first-order valence-corrected chi connectivity index (χ1v) is 13.0. The van der Waals surface area contributed by atoms with E-state index < -0.39 is 23.5 Å². The summed E-state index contributed by atoms with van der Waals surface area (Å²) in [5.41, 5.74) is -0.288. The molecule has 2 N–H and O–H groups in total. The number of pyridine rings is 1. The lowest BCUT2D eigenvalue weighted by molar-refractivity contribution is -0.145. The lowest BCUT2D eigenvalue weighted by Gasteiger charge is -2.32. The summed E-state index contributed by atoms with van der Waals surface area (Å²) >= 11 is 0. The van der Waals surface area contributed by atoms with E-state index in [0.29, 0.717) is 19.4 Å². The molecule has 0 spiro atoms. The molecule has 10 heteroatoms. The van der Waals surface area contributed by atoms with Crippen LogP contribution >= 0.6 is 0 Å². The van der Waals surface area contributed by atoms with Crippen molar-refractivity contribution in [2.45, 2.75) is 91.4 Å². The van der Waals surface area contributed by atoms with E-state index in [2.05, 4.69) is 15.6 Å². The molecule has 0 bridgehead atoms. The van der Waals surface area contributed by atoms with E-state index >= 15 is 0 Å². The smallest absolute Gasteiger partial charge is 0.258 e. The molecule has 2 atom stereocenters. The number of aromatic nitrogens is 1. The van der Waals surface area contributed by atoms with Crippen LogP contribution in [-0.4, -0.2) is 82.3 Å². The standard InChI is InChI=1S/C27H43N5O5/c1-17(2)14-20(25(35)32-13-9-10-21(32)26(36)31(8)18(3)4)29-24(34)19-15-28-12-11-22(19)37-16-23(33)30-27(5,6)7/h11-12,15,17-18,20-21H,9-10,13-14,16H2,1-8H3,(H,29,34)(H,30,33)/t20-,21-/m1/s1. The summed E-state index contributed by atoms with van der Waals surface area (Å²) in [6, 6.07) is 0.174. The molecule has 0 radical (unpaired) electrons. The zero-order valence-corrected chi connectivity index (χ0v) is 23.5. The van der Waals surface area contributed by atoms with Gasteiger partial charge >= 0.3 is 0 Å². The topological polar surface area (TPSA) is 121 Å². The minimum absolute atomic E-state index is 0.0192. The normalized spacial score (nSPS) is 16.5. The Balaban J connectivity index is 2.19. The summed E-state index contributed by atoms with van der Waals surface area (Å²) in [5, 5.41) is 5.65. The fourth-order valence-electron chi connectivity index (χ4n) is 4.18. The molecule has 1 aromatic heterocycles. The average molecular weight is 518 g/mol. The van der Waals surface area contributed by atoms with Crippen LogP contribution in [0.2, 0.25) is 0 Å². The Morgan fingerprint density at radius 3 is 2.46 bits per heavy atom. The summed E-state index contributed by atoms with van der Waals surface area (Å²) in [7, 11) is 1.74. The van der Waals surface area contributed by atoms with Gasteiger partial charge in [-0.05, 0) is 65.9 Å². The van der Waals surface area contributed by atoms with E-state index in [1.54, 1.807) is 16.8 Å². The van der Waals surface area contributed by atoms with Gasteiger partial charge in [0.25, 0.3) is 11.8 Å². The molecule has 1 aliphatic rings. The maximum Gasteiger partial charge on any atom is 0.258 e. The predicted octanol–water partition coefficient (Wildman–Crippen LogP) is 2.38. The molecule has 0 aromatic carbocycles. The Hall–Kier alpha value is -3.17. The van der Waals surface area contributed by atoms with E-state index in [9.17, 15) is 19.2 Å². The molecule has 10 nitrogen and oxygen atoms in total. The van der Waals surface area contributed by atoms with Crippen molar-refractivity contribution in [3.8, 4) is 5.75 Å². The maximum atomic E-state index is 13.6. The Morgan fingerprint density at radius 1 is 1.19 bits per heavy atom. The van der Waals surface area contributed by atoms with Gasteiger partial charge in [-0.2, -0.15) is 0 Å². The second kappa shape index (κ2) is 12.9. The van der Waals surface area contributed by atoms with Crippen molar-refractivity contribution >= 4 is 23.6 Å². The number of hydrogen-bond acceptors (Lipinski definition) is 6. The quantitative estimate of drug-likeness (QED) is 0.492. The van der Waals surface area contributed by atoms with Crippen LogP contribution in [0.15, 0.2) is 18.5 Å². The molecule has 1 aliphatic heterocycles. The van der Waals surface area contributed by atoms with Crippen molar-refractivity contribution in [1.29, 1.82) is 0 Å². The van der Waals surface area contributed by atoms with E-state index in [0.717, 1.165) is 6.42 Å². The molecule has 37 heavy (non-hydrogen) atoms. The van der Waals surface area contributed by atoms with Gasteiger partial charge in [0.15, 0.2) is 6.61 Å². The number of amides is 4. The van der Waals surface area contributed by atoms with Gasteiger partial charge in [0.2, 0.25) is 11.8 Å². The number of hydrogen-bond donors (Lipinski definition) is 2.